The molecule has 0 saturated heterocycles. The third-order valence-corrected chi connectivity index (χ3v) is 4.53. The second-order valence-corrected chi connectivity index (χ2v) is 6.65. The molecule has 0 spiro atoms. The molecule has 138 valence electrons. The normalized spacial score (nSPS) is 15.7. The minimum atomic E-state index is -1.16. The van der Waals surface area contributed by atoms with Crippen LogP contribution in [-0.2, 0) is 0 Å². The number of ether oxygens (including phenoxy) is 2. The minimum Gasteiger partial charge on any atom is -0.485 e. The van der Waals surface area contributed by atoms with E-state index < -0.39 is 12.1 Å². The Bertz CT molecular complexity index is 979. The second kappa shape index (κ2) is 6.75. The Hall–Kier alpha value is -3.35. The van der Waals surface area contributed by atoms with Crippen molar-refractivity contribution in [3.8, 4) is 17.2 Å². The van der Waals surface area contributed by atoms with E-state index in [0.29, 0.717) is 23.1 Å². The molecule has 0 bridgehead atoms. The van der Waals surface area contributed by atoms with Gasteiger partial charge in [-0.2, -0.15) is 0 Å². The Morgan fingerprint density at radius 2 is 1.85 bits per heavy atom. The van der Waals surface area contributed by atoms with E-state index in [0.717, 1.165) is 5.69 Å². The van der Waals surface area contributed by atoms with Gasteiger partial charge in [0.2, 0.25) is 0 Å². The molecule has 0 fully saturated rings. The van der Waals surface area contributed by atoms with Crippen molar-refractivity contribution in [2.45, 2.75) is 25.9 Å². The summed E-state index contributed by atoms with van der Waals surface area (Å²) in [6.07, 6.45) is -0.634. The average Bonchev–Trinajstić information content (AvgIpc) is 3.13. The molecule has 4 rings (SSSR count). The summed E-state index contributed by atoms with van der Waals surface area (Å²) >= 11 is 0. The first kappa shape index (κ1) is 17.1. The maximum atomic E-state index is 11.7. The number of nitrogens with zero attached hydrogens (tertiary/aromatic N) is 3. The van der Waals surface area contributed by atoms with Gasteiger partial charge in [-0.3, -0.25) is 0 Å². The monoisotopic (exact) mass is 365 g/mol. The summed E-state index contributed by atoms with van der Waals surface area (Å²) in [6.45, 7) is 4.40. The van der Waals surface area contributed by atoms with Crippen molar-refractivity contribution in [1.29, 1.82) is 0 Å². The summed E-state index contributed by atoms with van der Waals surface area (Å²) in [5.74, 6) is 0.437. The van der Waals surface area contributed by atoms with Gasteiger partial charge in [0.05, 0.1) is 5.69 Å². The van der Waals surface area contributed by atoms with Gasteiger partial charge in [-0.15, -0.1) is 5.10 Å². The van der Waals surface area contributed by atoms with Crippen LogP contribution in [0.15, 0.2) is 48.5 Å². The maximum Gasteiger partial charge on any atom is 0.358 e. The summed E-state index contributed by atoms with van der Waals surface area (Å²) in [6, 6.07) is 15.1. The molecule has 1 aliphatic heterocycles. The molecule has 1 atom stereocenters. The van der Waals surface area contributed by atoms with Gasteiger partial charge in [-0.1, -0.05) is 43.3 Å². The van der Waals surface area contributed by atoms with E-state index in [1.807, 2.05) is 42.5 Å². The molecule has 7 heteroatoms. The fourth-order valence-electron chi connectivity index (χ4n) is 3.08. The number of carboxylic acid groups (broad SMARTS) is 1. The predicted molar refractivity (Wildman–Crippen MR) is 97.7 cm³/mol. The van der Waals surface area contributed by atoms with Gasteiger partial charge < -0.3 is 14.6 Å². The molecular weight excluding hydrogens is 346 g/mol. The minimum absolute atomic E-state index is 0.143. The molecule has 1 aromatic heterocycles. The van der Waals surface area contributed by atoms with Gasteiger partial charge in [0, 0.05) is 0 Å². The summed E-state index contributed by atoms with van der Waals surface area (Å²) in [5, 5.41) is 17.5. The highest BCUT2D eigenvalue weighted by Gasteiger charge is 2.32. The van der Waals surface area contributed by atoms with E-state index in [9.17, 15) is 9.90 Å². The molecular formula is C20H19N3O4. The SMILES string of the molecule is CC(C)c1ccc(-n2nnc(C(=O)O)c2C2COc3ccccc3O2)cc1. The van der Waals surface area contributed by atoms with Crippen molar-refractivity contribution >= 4 is 5.97 Å². The number of hydrogen-bond donors (Lipinski definition) is 1. The molecule has 0 radical (unpaired) electrons. The van der Waals surface area contributed by atoms with Crippen molar-refractivity contribution in [2.24, 2.45) is 0 Å². The van der Waals surface area contributed by atoms with E-state index in [1.54, 1.807) is 6.07 Å². The zero-order valence-corrected chi connectivity index (χ0v) is 15.0. The second-order valence-electron chi connectivity index (χ2n) is 6.65. The number of carboxylic acids is 1. The number of aromatic carboxylic acids is 1. The van der Waals surface area contributed by atoms with Gasteiger partial charge in [0.15, 0.2) is 23.3 Å². The lowest BCUT2D eigenvalue weighted by molar-refractivity contribution is 0.0661. The fourth-order valence-corrected chi connectivity index (χ4v) is 3.08. The third kappa shape index (κ3) is 3.12. The Labute approximate surface area is 156 Å². The maximum absolute atomic E-state index is 11.7. The number of aromatic nitrogens is 3. The zero-order chi connectivity index (χ0) is 19.0. The summed E-state index contributed by atoms with van der Waals surface area (Å²) < 4.78 is 13.3. The van der Waals surface area contributed by atoms with Gasteiger partial charge in [-0.25, -0.2) is 9.48 Å². The Morgan fingerprint density at radius 3 is 2.52 bits per heavy atom. The molecule has 27 heavy (non-hydrogen) atoms. The molecule has 3 aromatic rings. The lowest BCUT2D eigenvalue weighted by Crippen LogP contribution is -2.25. The van der Waals surface area contributed by atoms with E-state index in [-0.39, 0.29) is 12.3 Å². The van der Waals surface area contributed by atoms with Crippen LogP contribution >= 0.6 is 0 Å². The summed E-state index contributed by atoms with van der Waals surface area (Å²) in [5.41, 5.74) is 2.12. The van der Waals surface area contributed by atoms with Gasteiger partial charge in [0.25, 0.3) is 0 Å². The predicted octanol–water partition coefficient (Wildman–Crippen LogP) is 3.60. The summed E-state index contributed by atoms with van der Waals surface area (Å²) in [7, 11) is 0. The first-order valence-corrected chi connectivity index (χ1v) is 8.72. The molecule has 2 heterocycles. The smallest absolute Gasteiger partial charge is 0.358 e. The van der Waals surface area contributed by atoms with Crippen molar-refractivity contribution in [1.82, 2.24) is 15.0 Å². The lowest BCUT2D eigenvalue weighted by Gasteiger charge is -2.26. The summed E-state index contributed by atoms with van der Waals surface area (Å²) in [4.78, 5) is 11.7. The van der Waals surface area contributed by atoms with Gasteiger partial charge in [-0.05, 0) is 35.7 Å². The zero-order valence-electron chi connectivity index (χ0n) is 15.0. The Morgan fingerprint density at radius 1 is 1.15 bits per heavy atom. The highest BCUT2D eigenvalue weighted by atomic mass is 16.6. The number of fused-ring (bicyclic) bond motifs is 1. The number of para-hydroxylation sites is 2. The number of rotatable bonds is 4. The van der Waals surface area contributed by atoms with Crippen LogP contribution in [0, 0.1) is 0 Å². The van der Waals surface area contributed by atoms with Crippen molar-refractivity contribution in [3.05, 3.63) is 65.5 Å². The molecule has 0 saturated carbocycles. The van der Waals surface area contributed by atoms with Gasteiger partial charge in [0.1, 0.15) is 12.3 Å². The molecule has 0 amide bonds. The number of carbonyl (C=O) groups is 1. The third-order valence-electron chi connectivity index (χ3n) is 4.53. The fraction of sp³-hybridized carbons (Fsp3) is 0.250. The number of benzene rings is 2. The highest BCUT2D eigenvalue weighted by Crippen LogP contribution is 2.37. The molecule has 1 N–H and O–H groups in total. The van der Waals surface area contributed by atoms with E-state index in [4.69, 9.17) is 9.47 Å². The molecule has 2 aromatic carbocycles. The first-order chi connectivity index (χ1) is 13.0. The van der Waals surface area contributed by atoms with Crippen LogP contribution in [0.2, 0.25) is 0 Å². The molecule has 0 aliphatic carbocycles. The quantitative estimate of drug-likeness (QED) is 0.760. The van der Waals surface area contributed by atoms with Crippen LogP contribution in [0.5, 0.6) is 11.5 Å². The standard InChI is InChI=1S/C20H19N3O4/c1-12(2)13-7-9-14(10-8-13)23-19(18(20(24)25)21-22-23)17-11-26-15-5-3-4-6-16(15)27-17/h3-10,12,17H,11H2,1-2H3,(H,24,25). The highest BCUT2D eigenvalue weighted by molar-refractivity contribution is 5.86. The molecule has 1 unspecified atom stereocenters. The number of hydrogen-bond acceptors (Lipinski definition) is 5. The van der Waals surface area contributed by atoms with Crippen molar-refractivity contribution < 1.29 is 19.4 Å². The molecule has 1 aliphatic rings. The topological polar surface area (TPSA) is 86.5 Å². The van der Waals surface area contributed by atoms with Crippen LogP contribution in [0.1, 0.15) is 47.6 Å². The Balaban J connectivity index is 1.76. The van der Waals surface area contributed by atoms with E-state index in [1.165, 1.54) is 10.2 Å². The van der Waals surface area contributed by atoms with Crippen LogP contribution in [-0.4, -0.2) is 32.7 Å². The van der Waals surface area contributed by atoms with Crippen LogP contribution in [0.4, 0.5) is 0 Å². The van der Waals surface area contributed by atoms with E-state index >= 15 is 0 Å². The first-order valence-electron chi connectivity index (χ1n) is 8.72. The van der Waals surface area contributed by atoms with Crippen molar-refractivity contribution in [3.63, 3.8) is 0 Å². The largest absolute Gasteiger partial charge is 0.485 e. The van der Waals surface area contributed by atoms with Crippen molar-refractivity contribution in [2.75, 3.05) is 6.61 Å². The Kier molecular flexibility index (Phi) is 4.27. The van der Waals surface area contributed by atoms with E-state index in [2.05, 4.69) is 24.2 Å². The average molecular weight is 365 g/mol. The van der Waals surface area contributed by atoms with Crippen LogP contribution in [0.3, 0.4) is 0 Å². The molecule has 7 nitrogen and oxygen atoms in total. The van der Waals surface area contributed by atoms with Crippen LogP contribution in [0.25, 0.3) is 5.69 Å². The van der Waals surface area contributed by atoms with Gasteiger partial charge >= 0.3 is 5.97 Å². The van der Waals surface area contributed by atoms with Crippen LogP contribution < -0.4 is 9.47 Å². The lowest BCUT2D eigenvalue weighted by atomic mass is 10.0.